The van der Waals surface area contributed by atoms with Crippen molar-refractivity contribution in [2.24, 2.45) is 0 Å². The molecule has 2 aromatic carbocycles. The number of methoxy groups -OCH3 is 2. The van der Waals surface area contributed by atoms with Crippen molar-refractivity contribution < 1.29 is 9.47 Å². The summed E-state index contributed by atoms with van der Waals surface area (Å²) < 4.78 is 13.6. The molecule has 1 saturated heterocycles. The number of benzene rings is 2. The van der Waals surface area contributed by atoms with Crippen molar-refractivity contribution in [2.75, 3.05) is 33.9 Å². The van der Waals surface area contributed by atoms with Crippen LogP contribution in [0.15, 0.2) is 41.2 Å². The molecule has 0 aliphatic carbocycles. The van der Waals surface area contributed by atoms with Crippen molar-refractivity contribution in [1.82, 2.24) is 8.46 Å². The van der Waals surface area contributed by atoms with Crippen molar-refractivity contribution in [1.29, 1.82) is 0 Å². The van der Waals surface area contributed by atoms with Crippen molar-refractivity contribution in [3.8, 4) is 17.2 Å². The average molecular weight is 445 g/mol. The van der Waals surface area contributed by atoms with Crippen LogP contribution in [0, 0.1) is 0 Å². The molecule has 0 unspecified atom stereocenters. The van der Waals surface area contributed by atoms with Crippen molar-refractivity contribution in [3.63, 3.8) is 0 Å². The number of likely N-dealkylation sites (tertiary alicyclic amines) is 1. The predicted octanol–water partition coefficient (Wildman–Crippen LogP) is 3.09. The Balaban J connectivity index is 1.56. The van der Waals surface area contributed by atoms with Gasteiger partial charge in [0.1, 0.15) is 0 Å². The first-order chi connectivity index (χ1) is 13.7. The summed E-state index contributed by atoms with van der Waals surface area (Å²) in [5.74, 6) is 1.27. The molecule has 6 heteroatoms. The first-order valence-electron chi connectivity index (χ1n) is 9.79. The topological polar surface area (TPSA) is 43.7 Å². The average Bonchev–Trinajstić information content (AvgIpc) is 3.08. The molecule has 0 atom stereocenters. The molecule has 0 N–H and O–H groups in total. The van der Waals surface area contributed by atoms with Gasteiger partial charge in [-0.2, -0.15) is 0 Å². The fourth-order valence-corrected chi connectivity index (χ4v) is 5.91. The Bertz CT molecular complexity index is 1000. The third kappa shape index (κ3) is 3.90. The Hall–Kier alpha value is -2.01. The Morgan fingerprint density at radius 3 is 2.32 bits per heavy atom. The zero-order valence-corrected chi connectivity index (χ0v) is 18.2. The molecule has 0 amide bonds. The van der Waals surface area contributed by atoms with Crippen molar-refractivity contribution in [3.05, 3.63) is 52.3 Å². The number of nitrogens with zero attached hydrogens (tertiary/aromatic N) is 2. The molecule has 28 heavy (non-hydrogen) atoms. The number of hydrogen-bond donors (Lipinski definition) is 0. The minimum atomic E-state index is -0.0959. The number of fused-ring (bicyclic) bond motifs is 1. The summed E-state index contributed by atoms with van der Waals surface area (Å²) in [4.78, 5) is 15.5. The second-order valence-corrected chi connectivity index (χ2v) is 9.28. The summed E-state index contributed by atoms with van der Waals surface area (Å²) in [5, 5.41) is 0.715. The molecule has 0 bridgehead atoms. The zero-order chi connectivity index (χ0) is 19.5. The van der Waals surface area contributed by atoms with Gasteiger partial charge in [-0.3, -0.25) is 0 Å². The second-order valence-electron chi connectivity index (χ2n) is 7.21. The van der Waals surface area contributed by atoms with Crippen LogP contribution in [0.5, 0.6) is 11.5 Å². The van der Waals surface area contributed by atoms with Crippen molar-refractivity contribution >= 4 is 24.4 Å². The van der Waals surface area contributed by atoms with Crippen LogP contribution >= 0.6 is 0 Å². The fourth-order valence-electron chi connectivity index (χ4n) is 3.79. The Kier molecular flexibility index (Phi) is 5.90. The Morgan fingerprint density at radius 1 is 0.964 bits per heavy atom. The van der Waals surface area contributed by atoms with Crippen LogP contribution in [0.4, 0.5) is 0 Å². The van der Waals surface area contributed by atoms with Gasteiger partial charge >= 0.3 is 171 Å². The van der Waals surface area contributed by atoms with Crippen LogP contribution in [0.1, 0.15) is 24.8 Å². The van der Waals surface area contributed by atoms with Gasteiger partial charge in [-0.15, -0.1) is 0 Å². The molecule has 1 fully saturated rings. The van der Waals surface area contributed by atoms with Crippen LogP contribution in [0.3, 0.4) is 0 Å². The van der Waals surface area contributed by atoms with E-state index in [2.05, 4.69) is 29.2 Å². The van der Waals surface area contributed by atoms with Gasteiger partial charge in [0, 0.05) is 0 Å². The van der Waals surface area contributed by atoms with Crippen LogP contribution in [-0.4, -0.2) is 57.0 Å². The van der Waals surface area contributed by atoms with Crippen LogP contribution in [-0.2, 0) is 6.42 Å². The summed E-state index contributed by atoms with van der Waals surface area (Å²) in [6, 6.07) is 12.2. The number of ether oxygens (including phenoxy) is 2. The van der Waals surface area contributed by atoms with Crippen LogP contribution < -0.4 is 15.0 Å². The third-order valence-electron chi connectivity index (χ3n) is 5.43. The number of aromatic nitrogens is 1. The molecule has 148 valence electrons. The fraction of sp³-hybridized carbons (Fsp3) is 0.409. The summed E-state index contributed by atoms with van der Waals surface area (Å²) in [7, 11) is 3.21. The van der Waals surface area contributed by atoms with E-state index in [1.165, 1.54) is 37.9 Å². The Morgan fingerprint density at radius 2 is 1.64 bits per heavy atom. The molecule has 2 heterocycles. The molecular weight excluding hydrogens is 419 g/mol. The summed E-state index contributed by atoms with van der Waals surface area (Å²) in [6.07, 6.45) is 5.09. The van der Waals surface area contributed by atoms with Gasteiger partial charge < -0.3 is 0 Å². The van der Waals surface area contributed by atoms with E-state index in [0.29, 0.717) is 16.9 Å². The number of rotatable bonds is 6. The quantitative estimate of drug-likeness (QED) is 0.547. The van der Waals surface area contributed by atoms with Gasteiger partial charge in [0.15, 0.2) is 0 Å². The SMILES string of the molecule is COc1cc2[se]n(-c3ccc(CCN4CCCCC4)cc3)c(=O)c2cc1OC. The molecular formula is C22H26N2O3Se. The normalized spacial score (nSPS) is 15.1. The molecule has 5 nitrogen and oxygen atoms in total. The van der Waals surface area contributed by atoms with Gasteiger partial charge in [0.25, 0.3) is 0 Å². The predicted molar refractivity (Wildman–Crippen MR) is 114 cm³/mol. The molecule has 0 saturated carbocycles. The number of piperidine rings is 1. The molecule has 0 spiro atoms. The minimum absolute atomic E-state index is 0.0389. The van der Waals surface area contributed by atoms with E-state index in [4.69, 9.17) is 9.47 Å². The molecule has 0 radical (unpaired) electrons. The van der Waals surface area contributed by atoms with E-state index in [0.717, 1.165) is 22.9 Å². The zero-order valence-electron chi connectivity index (χ0n) is 16.4. The van der Waals surface area contributed by atoms with E-state index in [9.17, 15) is 4.79 Å². The van der Waals surface area contributed by atoms with Gasteiger partial charge in [-0.05, 0) is 0 Å². The van der Waals surface area contributed by atoms with Gasteiger partial charge in [0.2, 0.25) is 0 Å². The van der Waals surface area contributed by atoms with E-state index in [1.807, 2.05) is 9.63 Å². The molecule has 3 aromatic rings. The standard InChI is InChI=1S/C22H26N2O3Se/c1-26-19-14-18-21(15-20(19)27-2)28-24(22(18)25)17-8-6-16(7-9-17)10-13-23-11-4-3-5-12-23/h6-9,14-15H,3-5,10-13H2,1-2H3. The van der Waals surface area contributed by atoms with Crippen LogP contribution in [0.2, 0.25) is 0 Å². The molecule has 1 aromatic heterocycles. The van der Waals surface area contributed by atoms with Gasteiger partial charge in [-0.1, -0.05) is 0 Å². The van der Waals surface area contributed by atoms with Gasteiger partial charge in [0.05, 0.1) is 0 Å². The third-order valence-corrected chi connectivity index (χ3v) is 7.72. The summed E-state index contributed by atoms with van der Waals surface area (Å²) in [6.45, 7) is 3.58. The van der Waals surface area contributed by atoms with E-state index in [-0.39, 0.29) is 20.3 Å². The monoisotopic (exact) mass is 446 g/mol. The van der Waals surface area contributed by atoms with E-state index < -0.39 is 0 Å². The van der Waals surface area contributed by atoms with E-state index in [1.54, 1.807) is 20.3 Å². The molecule has 4 rings (SSSR count). The maximum absolute atomic E-state index is 12.9. The second kappa shape index (κ2) is 8.56. The summed E-state index contributed by atoms with van der Waals surface area (Å²) in [5.41, 5.74) is 2.33. The number of hydrogen-bond acceptors (Lipinski definition) is 4. The molecule has 1 aliphatic heterocycles. The van der Waals surface area contributed by atoms with Crippen LogP contribution in [0.25, 0.3) is 15.3 Å². The first kappa shape index (κ1) is 19.3. The Labute approximate surface area is 171 Å². The van der Waals surface area contributed by atoms with Gasteiger partial charge in [-0.25, -0.2) is 0 Å². The summed E-state index contributed by atoms with van der Waals surface area (Å²) >= 11 is -0.0959. The molecule has 1 aliphatic rings. The maximum atomic E-state index is 12.9. The van der Waals surface area contributed by atoms with Crippen molar-refractivity contribution in [2.45, 2.75) is 25.7 Å². The first-order valence-corrected chi connectivity index (χ1v) is 11.4. The van der Waals surface area contributed by atoms with E-state index >= 15 is 0 Å².